The first-order chi connectivity index (χ1) is 11.8. The van der Waals surface area contributed by atoms with E-state index in [4.69, 9.17) is 4.74 Å². The van der Waals surface area contributed by atoms with Crippen molar-refractivity contribution < 1.29 is 4.74 Å². The van der Waals surface area contributed by atoms with Crippen LogP contribution >= 0.6 is 0 Å². The van der Waals surface area contributed by atoms with Gasteiger partial charge < -0.3 is 4.74 Å². The van der Waals surface area contributed by atoms with Crippen molar-refractivity contribution in [3.8, 4) is 11.6 Å². The lowest BCUT2D eigenvalue weighted by Crippen LogP contribution is -2.18. The second-order valence-electron chi connectivity index (χ2n) is 5.91. The van der Waals surface area contributed by atoms with Crippen molar-refractivity contribution in [1.29, 1.82) is 0 Å². The summed E-state index contributed by atoms with van der Waals surface area (Å²) in [5.41, 5.74) is 4.70. The van der Waals surface area contributed by atoms with Gasteiger partial charge in [-0.1, -0.05) is 24.3 Å². The first kappa shape index (κ1) is 14.9. The Labute approximate surface area is 141 Å². The Morgan fingerprint density at radius 3 is 2.75 bits per heavy atom. The van der Waals surface area contributed by atoms with Crippen LogP contribution in [0.25, 0.3) is 5.69 Å². The van der Waals surface area contributed by atoms with Crippen LogP contribution in [0.1, 0.15) is 23.9 Å². The lowest BCUT2D eigenvalue weighted by atomic mass is 10.3. The summed E-state index contributed by atoms with van der Waals surface area (Å²) >= 11 is 0. The van der Waals surface area contributed by atoms with E-state index in [0.29, 0.717) is 12.5 Å². The van der Waals surface area contributed by atoms with Crippen LogP contribution in [0.5, 0.6) is 5.88 Å². The Hall–Kier alpha value is -2.66. The number of para-hydroxylation sites is 1. The predicted octanol–water partition coefficient (Wildman–Crippen LogP) is 3.18. The van der Waals surface area contributed by atoms with E-state index < -0.39 is 0 Å². The second kappa shape index (κ2) is 6.45. The molecule has 4 rings (SSSR count). The molecule has 0 amide bonds. The Balaban J connectivity index is 1.50. The molecule has 0 bridgehead atoms. The third-order valence-electron chi connectivity index (χ3n) is 4.18. The molecule has 1 aromatic carbocycles. The van der Waals surface area contributed by atoms with Gasteiger partial charge in [0, 0.05) is 31.3 Å². The molecule has 0 saturated heterocycles. The van der Waals surface area contributed by atoms with Gasteiger partial charge in [0.2, 0.25) is 5.88 Å². The van der Waals surface area contributed by atoms with Crippen molar-refractivity contribution >= 4 is 0 Å². The monoisotopic (exact) mass is 320 g/mol. The van der Waals surface area contributed by atoms with Crippen LogP contribution in [0.4, 0.5) is 0 Å². The van der Waals surface area contributed by atoms with Crippen molar-refractivity contribution in [2.75, 3.05) is 6.61 Å². The van der Waals surface area contributed by atoms with Gasteiger partial charge in [0.1, 0.15) is 0 Å². The third-order valence-corrected chi connectivity index (χ3v) is 4.18. The molecular weight excluding hydrogens is 300 g/mol. The molecule has 0 aliphatic carbocycles. The zero-order valence-electron chi connectivity index (χ0n) is 13.7. The fraction of sp³-hybridized carbons (Fsp3) is 0.263. The van der Waals surface area contributed by atoms with Gasteiger partial charge in [0.05, 0.1) is 29.9 Å². The first-order valence-electron chi connectivity index (χ1n) is 8.26. The van der Waals surface area contributed by atoms with E-state index >= 15 is 0 Å². The van der Waals surface area contributed by atoms with Gasteiger partial charge in [-0.3, -0.25) is 4.90 Å². The van der Waals surface area contributed by atoms with E-state index in [2.05, 4.69) is 33.2 Å². The minimum Gasteiger partial charge on any atom is -0.478 e. The summed E-state index contributed by atoms with van der Waals surface area (Å²) in [5, 5.41) is 4.54. The fourth-order valence-electron chi connectivity index (χ4n) is 3.12. The summed E-state index contributed by atoms with van der Waals surface area (Å²) in [6, 6.07) is 16.2. The quantitative estimate of drug-likeness (QED) is 0.724. The second-order valence-corrected chi connectivity index (χ2v) is 5.91. The number of rotatable bonds is 5. The number of aromatic nitrogens is 3. The van der Waals surface area contributed by atoms with Crippen LogP contribution in [-0.2, 0) is 19.6 Å². The molecule has 5 heteroatoms. The number of pyridine rings is 1. The SMILES string of the molecule is CCOc1cccc(CN2Cc3cnn(-c4ccccc4)c3C2)n1. The van der Waals surface area contributed by atoms with Crippen molar-refractivity contribution in [1.82, 2.24) is 19.7 Å². The normalized spacial score (nSPS) is 13.9. The topological polar surface area (TPSA) is 43.2 Å². The van der Waals surface area contributed by atoms with Gasteiger partial charge in [-0.15, -0.1) is 0 Å². The first-order valence-corrected chi connectivity index (χ1v) is 8.26. The van der Waals surface area contributed by atoms with Crippen LogP contribution in [0, 0.1) is 0 Å². The van der Waals surface area contributed by atoms with E-state index in [1.165, 1.54) is 11.3 Å². The molecule has 2 aromatic heterocycles. The van der Waals surface area contributed by atoms with Gasteiger partial charge >= 0.3 is 0 Å². The summed E-state index contributed by atoms with van der Waals surface area (Å²) in [5.74, 6) is 0.696. The van der Waals surface area contributed by atoms with Crippen LogP contribution in [0.2, 0.25) is 0 Å². The maximum Gasteiger partial charge on any atom is 0.213 e. The van der Waals surface area contributed by atoms with Gasteiger partial charge in [0.15, 0.2) is 0 Å². The molecule has 3 aromatic rings. The zero-order chi connectivity index (χ0) is 16.4. The molecule has 3 heterocycles. The average Bonchev–Trinajstić information content (AvgIpc) is 3.16. The van der Waals surface area contributed by atoms with Crippen LogP contribution in [-0.4, -0.2) is 26.3 Å². The zero-order valence-corrected chi connectivity index (χ0v) is 13.7. The summed E-state index contributed by atoms with van der Waals surface area (Å²) in [7, 11) is 0. The molecule has 0 N–H and O–H groups in total. The van der Waals surface area contributed by atoms with Crippen LogP contribution in [0.3, 0.4) is 0 Å². The van der Waals surface area contributed by atoms with E-state index in [9.17, 15) is 0 Å². The van der Waals surface area contributed by atoms with E-state index in [-0.39, 0.29) is 0 Å². The number of benzene rings is 1. The Morgan fingerprint density at radius 2 is 1.92 bits per heavy atom. The summed E-state index contributed by atoms with van der Waals surface area (Å²) in [6.45, 7) is 5.21. The van der Waals surface area contributed by atoms with Gasteiger partial charge in [-0.2, -0.15) is 5.10 Å². The number of nitrogens with zero attached hydrogens (tertiary/aromatic N) is 4. The van der Waals surface area contributed by atoms with Crippen LogP contribution in [0.15, 0.2) is 54.7 Å². The molecular formula is C19H20N4O. The summed E-state index contributed by atoms with van der Waals surface area (Å²) in [4.78, 5) is 6.95. The molecule has 122 valence electrons. The molecule has 0 fully saturated rings. The lowest BCUT2D eigenvalue weighted by Gasteiger charge is -2.15. The molecule has 0 spiro atoms. The number of hydrogen-bond acceptors (Lipinski definition) is 4. The molecule has 24 heavy (non-hydrogen) atoms. The Bertz CT molecular complexity index is 828. The number of fused-ring (bicyclic) bond motifs is 1. The van der Waals surface area contributed by atoms with Crippen LogP contribution < -0.4 is 4.74 Å². The molecule has 0 radical (unpaired) electrons. The number of hydrogen-bond donors (Lipinski definition) is 0. The van der Waals surface area contributed by atoms with Gasteiger partial charge in [0.25, 0.3) is 0 Å². The molecule has 0 unspecified atom stereocenters. The van der Waals surface area contributed by atoms with E-state index in [1.807, 2.05) is 48.1 Å². The Morgan fingerprint density at radius 1 is 1.04 bits per heavy atom. The largest absolute Gasteiger partial charge is 0.478 e. The molecule has 5 nitrogen and oxygen atoms in total. The highest BCUT2D eigenvalue weighted by Gasteiger charge is 2.24. The summed E-state index contributed by atoms with van der Waals surface area (Å²) in [6.07, 6.45) is 1.98. The molecule has 0 atom stereocenters. The lowest BCUT2D eigenvalue weighted by molar-refractivity contribution is 0.264. The van der Waals surface area contributed by atoms with Crippen molar-refractivity contribution in [3.05, 3.63) is 71.7 Å². The average molecular weight is 320 g/mol. The highest BCUT2D eigenvalue weighted by atomic mass is 16.5. The minimum atomic E-state index is 0.637. The van der Waals surface area contributed by atoms with E-state index in [1.54, 1.807) is 0 Å². The minimum absolute atomic E-state index is 0.637. The van der Waals surface area contributed by atoms with Crippen molar-refractivity contribution in [2.24, 2.45) is 0 Å². The third kappa shape index (κ3) is 2.90. The maximum atomic E-state index is 5.49. The highest BCUT2D eigenvalue weighted by Crippen LogP contribution is 2.26. The molecule has 1 aliphatic rings. The highest BCUT2D eigenvalue weighted by molar-refractivity contribution is 5.36. The summed E-state index contributed by atoms with van der Waals surface area (Å²) < 4.78 is 7.53. The maximum absolute atomic E-state index is 5.49. The predicted molar refractivity (Wildman–Crippen MR) is 91.9 cm³/mol. The Kier molecular flexibility index (Phi) is 4.01. The standard InChI is InChI=1S/C19H20N4O/c1-2-24-19-10-6-7-16(21-19)13-22-12-15-11-20-23(18(15)14-22)17-8-4-3-5-9-17/h3-11H,2,12-14H2,1H3. The van der Waals surface area contributed by atoms with Gasteiger partial charge in [-0.25, -0.2) is 9.67 Å². The molecule has 0 saturated carbocycles. The fourth-order valence-corrected chi connectivity index (χ4v) is 3.12. The van der Waals surface area contributed by atoms with E-state index in [0.717, 1.165) is 31.0 Å². The molecule has 1 aliphatic heterocycles. The number of ether oxygens (including phenoxy) is 1. The smallest absolute Gasteiger partial charge is 0.213 e. The van der Waals surface area contributed by atoms with Gasteiger partial charge in [-0.05, 0) is 25.1 Å². The van der Waals surface area contributed by atoms with Crippen molar-refractivity contribution in [2.45, 2.75) is 26.6 Å². The van der Waals surface area contributed by atoms with Crippen molar-refractivity contribution in [3.63, 3.8) is 0 Å².